The topological polar surface area (TPSA) is 158 Å². The van der Waals surface area contributed by atoms with Crippen molar-refractivity contribution in [1.82, 2.24) is 26.7 Å². The summed E-state index contributed by atoms with van der Waals surface area (Å²) >= 11 is 0. The first-order valence-electron chi connectivity index (χ1n) is 11.9. The van der Waals surface area contributed by atoms with Crippen molar-refractivity contribution >= 4 is 23.8 Å². The van der Waals surface area contributed by atoms with E-state index in [0.717, 1.165) is 11.1 Å². The van der Waals surface area contributed by atoms with Crippen LogP contribution in [0.1, 0.15) is 37.6 Å². The smallest absolute Gasteiger partial charge is 0.407 e. The standard InChI is InChI=1S/C26H35N5O6/c1-26(2,3)37-25(35)28-15-7-14-27-17-22(32)29-16-21(24(34)31-36)30-23(33)20-12-10-19(11-13-20)18-8-5-4-6-9-18/h4-6,8-13,21,27,36H,7,14-17H2,1-3H3,(H,28,35)(H,29,32)(H,30,33)(H,31,34)/t21-/m0/s1. The first-order valence-corrected chi connectivity index (χ1v) is 11.9. The summed E-state index contributed by atoms with van der Waals surface area (Å²) in [6, 6.07) is 15.3. The molecule has 37 heavy (non-hydrogen) atoms. The second kappa shape index (κ2) is 14.6. The summed E-state index contributed by atoms with van der Waals surface area (Å²) in [5.41, 5.74) is 3.19. The summed E-state index contributed by atoms with van der Waals surface area (Å²) < 4.78 is 5.13. The Morgan fingerprint density at radius 1 is 0.892 bits per heavy atom. The van der Waals surface area contributed by atoms with Gasteiger partial charge in [-0.3, -0.25) is 19.6 Å². The predicted molar refractivity (Wildman–Crippen MR) is 138 cm³/mol. The highest BCUT2D eigenvalue weighted by Crippen LogP contribution is 2.19. The zero-order valence-electron chi connectivity index (χ0n) is 21.3. The third-order valence-corrected chi connectivity index (χ3v) is 4.97. The van der Waals surface area contributed by atoms with E-state index in [1.54, 1.807) is 45.0 Å². The summed E-state index contributed by atoms with van der Waals surface area (Å²) in [6.07, 6.45) is 0.0638. The Bertz CT molecular complexity index is 1040. The van der Waals surface area contributed by atoms with Crippen LogP contribution in [-0.4, -0.2) is 66.8 Å². The van der Waals surface area contributed by atoms with Gasteiger partial charge in [0.05, 0.1) is 6.54 Å². The molecule has 0 spiro atoms. The molecule has 0 aromatic heterocycles. The molecule has 11 nitrogen and oxygen atoms in total. The monoisotopic (exact) mass is 513 g/mol. The minimum atomic E-state index is -1.19. The molecule has 0 bridgehead atoms. The normalized spacial score (nSPS) is 11.7. The highest BCUT2D eigenvalue weighted by molar-refractivity contribution is 5.98. The second-order valence-electron chi connectivity index (χ2n) is 9.21. The Kier molecular flexibility index (Phi) is 11.5. The Balaban J connectivity index is 1.75. The Morgan fingerprint density at radius 3 is 2.16 bits per heavy atom. The van der Waals surface area contributed by atoms with Crippen LogP contribution in [0, 0.1) is 0 Å². The van der Waals surface area contributed by atoms with Crippen molar-refractivity contribution in [2.24, 2.45) is 0 Å². The zero-order valence-corrected chi connectivity index (χ0v) is 21.3. The molecule has 0 fully saturated rings. The van der Waals surface area contributed by atoms with Gasteiger partial charge in [0, 0.05) is 18.7 Å². The SMILES string of the molecule is CC(C)(C)OC(=O)NCCCNCC(=O)NC[C@H](NC(=O)c1ccc(-c2ccccc2)cc1)C(=O)NO. The lowest BCUT2D eigenvalue weighted by Crippen LogP contribution is -2.52. The van der Waals surface area contributed by atoms with Crippen LogP contribution in [0.3, 0.4) is 0 Å². The van der Waals surface area contributed by atoms with E-state index in [1.807, 2.05) is 30.3 Å². The molecule has 0 aliphatic rings. The highest BCUT2D eigenvalue weighted by Gasteiger charge is 2.22. The first-order chi connectivity index (χ1) is 17.6. The number of carbonyl (C=O) groups excluding carboxylic acids is 4. The summed E-state index contributed by atoms with van der Waals surface area (Å²) in [5.74, 6) is -1.80. The van der Waals surface area contributed by atoms with Crippen molar-refractivity contribution in [3.63, 3.8) is 0 Å². The van der Waals surface area contributed by atoms with Crippen LogP contribution in [-0.2, 0) is 14.3 Å². The molecule has 0 heterocycles. The van der Waals surface area contributed by atoms with E-state index in [9.17, 15) is 19.2 Å². The van der Waals surface area contributed by atoms with Gasteiger partial charge in [0.15, 0.2) is 0 Å². The van der Waals surface area contributed by atoms with Crippen LogP contribution in [0.4, 0.5) is 4.79 Å². The molecule has 0 radical (unpaired) electrons. The van der Waals surface area contributed by atoms with E-state index in [-0.39, 0.29) is 13.1 Å². The van der Waals surface area contributed by atoms with Crippen molar-refractivity contribution in [2.75, 3.05) is 26.2 Å². The van der Waals surface area contributed by atoms with E-state index in [2.05, 4.69) is 21.3 Å². The number of rotatable bonds is 12. The van der Waals surface area contributed by atoms with Crippen LogP contribution in [0.15, 0.2) is 54.6 Å². The van der Waals surface area contributed by atoms with Gasteiger partial charge in [0.2, 0.25) is 5.91 Å². The van der Waals surface area contributed by atoms with Crippen LogP contribution in [0.25, 0.3) is 11.1 Å². The molecular weight excluding hydrogens is 478 g/mol. The lowest BCUT2D eigenvalue weighted by Gasteiger charge is -2.19. The fourth-order valence-corrected chi connectivity index (χ4v) is 3.17. The maximum Gasteiger partial charge on any atom is 0.407 e. The Hall–Kier alpha value is -3.96. The third-order valence-electron chi connectivity index (χ3n) is 4.97. The van der Waals surface area contributed by atoms with Gasteiger partial charge in [-0.15, -0.1) is 0 Å². The first kappa shape index (κ1) is 29.3. The number of nitrogens with one attached hydrogen (secondary N) is 5. The van der Waals surface area contributed by atoms with Crippen LogP contribution in [0.5, 0.6) is 0 Å². The molecule has 6 N–H and O–H groups in total. The van der Waals surface area contributed by atoms with Crippen molar-refractivity contribution in [1.29, 1.82) is 0 Å². The molecule has 0 unspecified atom stereocenters. The van der Waals surface area contributed by atoms with E-state index in [4.69, 9.17) is 9.94 Å². The number of amides is 4. The lowest BCUT2D eigenvalue weighted by atomic mass is 10.0. The quantitative estimate of drug-likeness (QED) is 0.143. The van der Waals surface area contributed by atoms with Gasteiger partial charge in [-0.2, -0.15) is 0 Å². The van der Waals surface area contributed by atoms with Gasteiger partial charge >= 0.3 is 6.09 Å². The molecular formula is C26H35N5O6. The number of hydroxylamine groups is 1. The molecule has 2 aromatic rings. The minimum Gasteiger partial charge on any atom is -0.444 e. The fourth-order valence-electron chi connectivity index (χ4n) is 3.17. The van der Waals surface area contributed by atoms with Gasteiger partial charge in [-0.25, -0.2) is 10.3 Å². The van der Waals surface area contributed by atoms with Gasteiger partial charge in [-0.05, 0) is 57.0 Å². The van der Waals surface area contributed by atoms with Crippen LogP contribution < -0.4 is 26.7 Å². The Labute approximate surface area is 216 Å². The molecule has 200 valence electrons. The number of carbonyl (C=O) groups is 4. The second-order valence-corrected chi connectivity index (χ2v) is 9.21. The summed E-state index contributed by atoms with van der Waals surface area (Å²) in [6.45, 7) is 5.90. The molecule has 2 rings (SSSR count). The van der Waals surface area contributed by atoms with Crippen molar-refractivity contribution < 1.29 is 29.1 Å². The molecule has 0 aliphatic carbocycles. The predicted octanol–water partition coefficient (Wildman–Crippen LogP) is 1.58. The maximum absolute atomic E-state index is 12.6. The molecule has 0 aliphatic heterocycles. The average Bonchev–Trinajstić information content (AvgIpc) is 2.87. The van der Waals surface area contributed by atoms with Gasteiger partial charge < -0.3 is 26.0 Å². The van der Waals surface area contributed by atoms with Crippen LogP contribution in [0.2, 0.25) is 0 Å². The number of hydrogen-bond donors (Lipinski definition) is 6. The van der Waals surface area contributed by atoms with Crippen molar-refractivity contribution in [3.05, 3.63) is 60.2 Å². The molecule has 0 saturated carbocycles. The molecule has 11 heteroatoms. The van der Waals surface area contributed by atoms with Crippen molar-refractivity contribution in [2.45, 2.75) is 38.8 Å². The number of benzene rings is 2. The third kappa shape index (κ3) is 11.1. The summed E-state index contributed by atoms with van der Waals surface area (Å²) in [4.78, 5) is 48.3. The van der Waals surface area contributed by atoms with Crippen LogP contribution >= 0.6 is 0 Å². The van der Waals surface area contributed by atoms with E-state index in [0.29, 0.717) is 25.1 Å². The molecule has 1 atom stereocenters. The van der Waals surface area contributed by atoms with Gasteiger partial charge in [-0.1, -0.05) is 42.5 Å². The number of hydrogen-bond acceptors (Lipinski definition) is 7. The molecule has 2 aromatic carbocycles. The minimum absolute atomic E-state index is 0.0329. The number of ether oxygens (including phenoxy) is 1. The van der Waals surface area contributed by atoms with Gasteiger partial charge in [0.25, 0.3) is 11.8 Å². The van der Waals surface area contributed by atoms with Crippen molar-refractivity contribution in [3.8, 4) is 11.1 Å². The zero-order chi connectivity index (χ0) is 27.3. The summed E-state index contributed by atoms with van der Waals surface area (Å²) in [5, 5.41) is 19.6. The maximum atomic E-state index is 12.6. The lowest BCUT2D eigenvalue weighted by molar-refractivity contribution is -0.131. The molecule has 0 saturated heterocycles. The van der Waals surface area contributed by atoms with E-state index >= 15 is 0 Å². The average molecular weight is 514 g/mol. The van der Waals surface area contributed by atoms with Gasteiger partial charge in [0.1, 0.15) is 11.6 Å². The van der Waals surface area contributed by atoms with E-state index in [1.165, 1.54) is 5.48 Å². The largest absolute Gasteiger partial charge is 0.444 e. The van der Waals surface area contributed by atoms with E-state index < -0.39 is 35.5 Å². The Morgan fingerprint density at radius 2 is 1.54 bits per heavy atom. The summed E-state index contributed by atoms with van der Waals surface area (Å²) in [7, 11) is 0. The molecule has 4 amide bonds. The number of alkyl carbamates (subject to hydrolysis) is 1. The fraction of sp³-hybridized carbons (Fsp3) is 0.385. The highest BCUT2D eigenvalue weighted by atomic mass is 16.6.